The number of hydrogen-bond donors (Lipinski definition) is 3. The van der Waals surface area contributed by atoms with Gasteiger partial charge in [-0.25, -0.2) is 9.78 Å². The Labute approximate surface area is 218 Å². The number of amides is 5. The van der Waals surface area contributed by atoms with E-state index in [0.29, 0.717) is 42.3 Å². The zero-order valence-electron chi connectivity index (χ0n) is 20.9. The number of nitrogens with one attached hydrogen (secondary N) is 2. The fourth-order valence-electron chi connectivity index (χ4n) is 4.43. The van der Waals surface area contributed by atoms with Crippen LogP contribution in [0.1, 0.15) is 34.5 Å². The van der Waals surface area contributed by atoms with Crippen molar-refractivity contribution in [2.75, 3.05) is 32.3 Å². The lowest BCUT2D eigenvalue weighted by Crippen LogP contribution is -2.46. The minimum atomic E-state index is -0.885. The van der Waals surface area contributed by atoms with Crippen molar-refractivity contribution < 1.29 is 33.8 Å². The Hall–Kier alpha value is -4.63. The Bertz CT molecular complexity index is 1320. The molecule has 5 amide bonds. The lowest BCUT2D eigenvalue weighted by atomic mass is 10.1. The summed E-state index contributed by atoms with van der Waals surface area (Å²) >= 11 is 0. The van der Waals surface area contributed by atoms with Gasteiger partial charge in [0.2, 0.25) is 12.3 Å². The van der Waals surface area contributed by atoms with Crippen molar-refractivity contribution in [2.45, 2.75) is 31.5 Å². The Morgan fingerprint density at radius 1 is 1.26 bits per heavy atom. The van der Waals surface area contributed by atoms with Crippen LogP contribution in [0.4, 0.5) is 10.6 Å². The molecule has 2 aliphatic rings. The number of pyridine rings is 1. The topological polar surface area (TPSA) is 150 Å². The molecule has 0 saturated carbocycles. The van der Waals surface area contributed by atoms with Gasteiger partial charge in [-0.05, 0) is 42.2 Å². The number of benzene rings is 1. The molecule has 0 unspecified atom stereocenters. The number of hydrogen-bond acceptors (Lipinski definition) is 8. The summed E-state index contributed by atoms with van der Waals surface area (Å²) in [5.41, 5.74) is 1.51. The molecular weight excluding hydrogens is 494 g/mol. The molecule has 1 saturated heterocycles. The van der Waals surface area contributed by atoms with Gasteiger partial charge in [0.15, 0.2) is 11.4 Å². The third-order valence-corrected chi connectivity index (χ3v) is 6.31. The number of nitrogens with zero attached hydrogens (tertiary/aromatic N) is 3. The molecule has 4 rings (SSSR count). The maximum Gasteiger partial charge on any atom is 0.322 e. The summed E-state index contributed by atoms with van der Waals surface area (Å²) in [5, 5.41) is 14.2. The van der Waals surface area contributed by atoms with E-state index in [1.165, 1.54) is 24.0 Å². The first-order chi connectivity index (χ1) is 18.4. The third kappa shape index (κ3) is 5.52. The van der Waals surface area contributed by atoms with Gasteiger partial charge in [0.05, 0.1) is 33.4 Å². The molecule has 1 aromatic carbocycles. The van der Waals surface area contributed by atoms with E-state index in [2.05, 4.69) is 22.1 Å². The standard InChI is InChI=1S/C26H27N5O7/c1-37-19-6-3-16-12-30(25(35)20(16)11-19)13-17(28-26(36)27-15-33)4-7-21-22(38-2)8-9-23(29-21)31-18(14-32)5-10-24(31)34/h3,6,8-9,11,15,17-18,32H,5,10,12-14H2,1-2H3,(H2,27,28,33,36)/t17-,18+/m1/s1. The Morgan fingerprint density at radius 2 is 2.08 bits per heavy atom. The van der Waals surface area contributed by atoms with E-state index in [0.717, 1.165) is 5.56 Å². The minimum absolute atomic E-state index is 0.0221. The van der Waals surface area contributed by atoms with Crippen LogP contribution in [0.5, 0.6) is 11.5 Å². The average molecular weight is 522 g/mol. The maximum absolute atomic E-state index is 13.0. The number of aliphatic hydroxyl groups is 1. The molecule has 198 valence electrons. The SMILES string of the molecule is COc1ccc2c(c1)C(=O)N(C[C@@H](C#Cc1nc(N3C(=O)CC[C@H]3CO)ccc1OC)NC(=O)NC=O)C2. The van der Waals surface area contributed by atoms with E-state index in [-0.39, 0.29) is 43.1 Å². The van der Waals surface area contributed by atoms with Crippen LogP contribution in [0.3, 0.4) is 0 Å². The van der Waals surface area contributed by atoms with Gasteiger partial charge in [-0.2, -0.15) is 0 Å². The molecule has 3 heterocycles. The fourth-order valence-corrected chi connectivity index (χ4v) is 4.43. The number of aliphatic hydroxyl groups excluding tert-OH is 1. The molecule has 38 heavy (non-hydrogen) atoms. The van der Waals surface area contributed by atoms with Crippen LogP contribution < -0.4 is 25.0 Å². The molecule has 2 aliphatic heterocycles. The quantitative estimate of drug-likeness (QED) is 0.334. The highest BCUT2D eigenvalue weighted by Gasteiger charge is 2.33. The Morgan fingerprint density at radius 3 is 2.79 bits per heavy atom. The number of anilines is 1. The van der Waals surface area contributed by atoms with Crippen LogP contribution in [0.15, 0.2) is 30.3 Å². The number of carbonyl (C=O) groups excluding carboxylic acids is 4. The molecule has 0 radical (unpaired) electrons. The summed E-state index contributed by atoms with van der Waals surface area (Å²) in [7, 11) is 2.96. The maximum atomic E-state index is 13.0. The van der Waals surface area contributed by atoms with Gasteiger partial charge in [0.25, 0.3) is 5.91 Å². The second-order valence-corrected chi connectivity index (χ2v) is 8.63. The van der Waals surface area contributed by atoms with Crippen molar-refractivity contribution in [3.05, 3.63) is 47.2 Å². The van der Waals surface area contributed by atoms with Crippen molar-refractivity contribution >= 4 is 30.1 Å². The van der Waals surface area contributed by atoms with Gasteiger partial charge in [0.1, 0.15) is 17.6 Å². The number of carbonyl (C=O) groups is 4. The van der Waals surface area contributed by atoms with Gasteiger partial charge in [0, 0.05) is 18.5 Å². The first-order valence-electron chi connectivity index (χ1n) is 11.8. The van der Waals surface area contributed by atoms with Crippen LogP contribution in [-0.2, 0) is 16.1 Å². The van der Waals surface area contributed by atoms with Gasteiger partial charge in [-0.3, -0.25) is 24.6 Å². The van der Waals surface area contributed by atoms with Crippen LogP contribution in [0, 0.1) is 11.8 Å². The Kier molecular flexibility index (Phi) is 8.08. The number of urea groups is 1. The predicted molar refractivity (Wildman–Crippen MR) is 135 cm³/mol. The van der Waals surface area contributed by atoms with E-state index < -0.39 is 12.1 Å². The number of fused-ring (bicyclic) bond motifs is 1. The van der Waals surface area contributed by atoms with Crippen molar-refractivity contribution in [3.63, 3.8) is 0 Å². The summed E-state index contributed by atoms with van der Waals surface area (Å²) in [4.78, 5) is 55.7. The predicted octanol–water partition coefficient (Wildman–Crippen LogP) is 0.418. The highest BCUT2D eigenvalue weighted by Crippen LogP contribution is 2.28. The number of imide groups is 1. The van der Waals surface area contributed by atoms with Crippen LogP contribution in [0.25, 0.3) is 0 Å². The summed E-state index contributed by atoms with van der Waals surface area (Å²) in [6.07, 6.45) is 1.05. The van der Waals surface area contributed by atoms with Crippen molar-refractivity contribution in [2.24, 2.45) is 0 Å². The molecule has 1 fully saturated rings. The van der Waals surface area contributed by atoms with Gasteiger partial charge >= 0.3 is 6.03 Å². The summed E-state index contributed by atoms with van der Waals surface area (Å²) < 4.78 is 10.6. The highest BCUT2D eigenvalue weighted by atomic mass is 16.5. The summed E-state index contributed by atoms with van der Waals surface area (Å²) in [5.74, 6) is 6.58. The molecule has 0 spiro atoms. The fraction of sp³-hybridized carbons (Fsp3) is 0.346. The van der Waals surface area contributed by atoms with E-state index in [1.54, 1.807) is 30.3 Å². The molecule has 12 nitrogen and oxygen atoms in total. The van der Waals surface area contributed by atoms with E-state index in [4.69, 9.17) is 9.47 Å². The van der Waals surface area contributed by atoms with Crippen LogP contribution in [0.2, 0.25) is 0 Å². The second-order valence-electron chi connectivity index (χ2n) is 8.63. The first kappa shape index (κ1) is 26.4. The molecule has 12 heteroatoms. The second kappa shape index (κ2) is 11.6. The zero-order valence-corrected chi connectivity index (χ0v) is 20.9. The number of aromatic nitrogens is 1. The molecule has 2 atom stereocenters. The number of methoxy groups -OCH3 is 2. The van der Waals surface area contributed by atoms with E-state index in [9.17, 15) is 24.3 Å². The van der Waals surface area contributed by atoms with E-state index >= 15 is 0 Å². The normalized spacial score (nSPS) is 16.9. The number of ether oxygens (including phenoxy) is 2. The lowest BCUT2D eigenvalue weighted by molar-refractivity contribution is -0.117. The highest BCUT2D eigenvalue weighted by molar-refractivity contribution is 5.99. The summed E-state index contributed by atoms with van der Waals surface area (Å²) in [6.45, 7) is 0.134. The zero-order chi connectivity index (χ0) is 27.2. The Balaban J connectivity index is 1.61. The number of rotatable bonds is 8. The van der Waals surface area contributed by atoms with Gasteiger partial charge in [-0.1, -0.05) is 12.0 Å². The molecular formula is C26H27N5O7. The summed E-state index contributed by atoms with van der Waals surface area (Å²) in [6, 6.07) is 6.39. The van der Waals surface area contributed by atoms with E-state index in [1.807, 2.05) is 5.32 Å². The van der Waals surface area contributed by atoms with Gasteiger partial charge < -0.3 is 24.8 Å². The average Bonchev–Trinajstić information content (AvgIpc) is 3.45. The van der Waals surface area contributed by atoms with Crippen molar-refractivity contribution in [1.29, 1.82) is 0 Å². The molecule has 0 aliphatic carbocycles. The largest absolute Gasteiger partial charge is 0.497 e. The lowest BCUT2D eigenvalue weighted by Gasteiger charge is -2.22. The van der Waals surface area contributed by atoms with Gasteiger partial charge in [-0.15, -0.1) is 0 Å². The molecule has 2 aromatic rings. The minimum Gasteiger partial charge on any atom is -0.497 e. The third-order valence-electron chi connectivity index (χ3n) is 6.31. The molecule has 0 bridgehead atoms. The van der Waals surface area contributed by atoms with Crippen molar-refractivity contribution in [3.8, 4) is 23.3 Å². The molecule has 3 N–H and O–H groups in total. The first-order valence-corrected chi connectivity index (χ1v) is 11.8. The molecule has 1 aromatic heterocycles. The monoisotopic (exact) mass is 521 g/mol. The van der Waals surface area contributed by atoms with Crippen LogP contribution >= 0.6 is 0 Å². The van der Waals surface area contributed by atoms with Crippen LogP contribution in [-0.4, -0.2) is 78.7 Å². The van der Waals surface area contributed by atoms with Crippen molar-refractivity contribution in [1.82, 2.24) is 20.5 Å². The smallest absolute Gasteiger partial charge is 0.322 e.